The van der Waals surface area contributed by atoms with E-state index in [0.717, 1.165) is 22.1 Å². The fourth-order valence-electron chi connectivity index (χ4n) is 1.81. The van der Waals surface area contributed by atoms with Gasteiger partial charge in [0.05, 0.1) is 11.2 Å². The van der Waals surface area contributed by atoms with Crippen LogP contribution in [0.1, 0.15) is 25.7 Å². The second kappa shape index (κ2) is 4.55. The molecule has 1 aromatic heterocycles. The highest BCUT2D eigenvalue weighted by Gasteiger charge is 2.13. The number of fused-ring (bicyclic) bond motifs is 1. The van der Waals surface area contributed by atoms with Gasteiger partial charge < -0.3 is 5.73 Å². The van der Waals surface area contributed by atoms with Gasteiger partial charge in [0, 0.05) is 9.86 Å². The Hall–Kier alpha value is -0.870. The van der Waals surface area contributed by atoms with Gasteiger partial charge in [0.15, 0.2) is 0 Å². The first kappa shape index (κ1) is 11.6. The zero-order chi connectivity index (χ0) is 11.7. The Morgan fingerprint density at radius 2 is 2.31 bits per heavy atom. The van der Waals surface area contributed by atoms with Crippen molar-refractivity contribution in [2.45, 2.75) is 26.4 Å². The van der Waals surface area contributed by atoms with Gasteiger partial charge in [0.25, 0.3) is 0 Å². The summed E-state index contributed by atoms with van der Waals surface area (Å²) in [6.45, 7) is 4.05. The van der Waals surface area contributed by atoms with E-state index in [4.69, 9.17) is 5.73 Å². The summed E-state index contributed by atoms with van der Waals surface area (Å²) in [6, 6.07) is 6.18. The van der Waals surface area contributed by atoms with E-state index in [2.05, 4.69) is 40.1 Å². The molecule has 0 saturated heterocycles. The molecular formula is C12H15BrN3. The molecule has 2 rings (SSSR count). The number of nitrogens with zero attached hydrogens (tertiary/aromatic N) is 2. The molecule has 0 aliphatic carbocycles. The van der Waals surface area contributed by atoms with Crippen LogP contribution < -0.4 is 5.73 Å². The maximum Gasteiger partial charge on any atom is 0.103 e. The fourth-order valence-corrected chi connectivity index (χ4v) is 2.15. The normalized spacial score (nSPS) is 13.2. The van der Waals surface area contributed by atoms with Crippen LogP contribution in [0, 0.1) is 6.42 Å². The van der Waals surface area contributed by atoms with Crippen molar-refractivity contribution in [3.8, 4) is 0 Å². The minimum absolute atomic E-state index is 0.169. The first-order valence-corrected chi connectivity index (χ1v) is 6.18. The molecule has 3 nitrogen and oxygen atoms in total. The van der Waals surface area contributed by atoms with Gasteiger partial charge in [-0.15, -0.1) is 0 Å². The summed E-state index contributed by atoms with van der Waals surface area (Å²) in [5.41, 5.74) is 8.19. The van der Waals surface area contributed by atoms with Crippen LogP contribution in [0.2, 0.25) is 0 Å². The lowest BCUT2D eigenvalue weighted by Crippen LogP contribution is -2.19. The molecule has 1 radical (unpaired) electrons. The molecule has 1 atom stereocenters. The lowest BCUT2D eigenvalue weighted by Gasteiger charge is -2.10. The topological polar surface area (TPSA) is 43.8 Å². The molecule has 1 unspecified atom stereocenters. The van der Waals surface area contributed by atoms with Crippen molar-refractivity contribution in [2.24, 2.45) is 5.73 Å². The molecule has 4 heteroatoms. The van der Waals surface area contributed by atoms with Crippen LogP contribution in [0.3, 0.4) is 0 Å². The van der Waals surface area contributed by atoms with E-state index >= 15 is 0 Å². The van der Waals surface area contributed by atoms with E-state index in [1.54, 1.807) is 0 Å². The summed E-state index contributed by atoms with van der Waals surface area (Å²) in [5, 5.41) is 5.74. The van der Waals surface area contributed by atoms with Crippen molar-refractivity contribution < 1.29 is 0 Å². The Morgan fingerprint density at radius 3 is 2.94 bits per heavy atom. The maximum atomic E-state index is 6.01. The quantitative estimate of drug-likeness (QED) is 0.939. The molecular weight excluding hydrogens is 266 g/mol. The van der Waals surface area contributed by atoms with E-state index < -0.39 is 0 Å². The minimum atomic E-state index is -0.169. The maximum absolute atomic E-state index is 6.01. The fraction of sp³-hybridized carbons (Fsp3) is 0.333. The molecule has 2 aromatic rings. The smallest absolute Gasteiger partial charge is 0.103 e. The molecule has 0 spiro atoms. The second-order valence-corrected chi connectivity index (χ2v) is 4.65. The molecule has 0 aliphatic heterocycles. The first-order chi connectivity index (χ1) is 7.67. The average Bonchev–Trinajstić information content (AvgIpc) is 2.66. The van der Waals surface area contributed by atoms with Gasteiger partial charge in [-0.2, -0.15) is 5.10 Å². The third-order valence-electron chi connectivity index (χ3n) is 2.70. The van der Waals surface area contributed by atoms with Crippen molar-refractivity contribution in [1.29, 1.82) is 0 Å². The number of nitrogens with two attached hydrogens (primary N) is 1. The highest BCUT2D eigenvalue weighted by atomic mass is 79.9. The van der Waals surface area contributed by atoms with Gasteiger partial charge >= 0.3 is 0 Å². The third-order valence-corrected chi connectivity index (χ3v) is 3.20. The Bertz CT molecular complexity index is 504. The van der Waals surface area contributed by atoms with Gasteiger partial charge in [0.2, 0.25) is 0 Å². The summed E-state index contributed by atoms with van der Waals surface area (Å²) in [5.74, 6) is 0. The Kier molecular flexibility index (Phi) is 3.30. The van der Waals surface area contributed by atoms with Crippen LogP contribution in [-0.2, 0) is 6.42 Å². The second-order valence-electron chi connectivity index (χ2n) is 3.73. The summed E-state index contributed by atoms with van der Waals surface area (Å²) < 4.78 is 2.92. The molecule has 85 valence electrons. The van der Waals surface area contributed by atoms with Crippen molar-refractivity contribution in [2.75, 3.05) is 0 Å². The van der Waals surface area contributed by atoms with Crippen molar-refractivity contribution in [3.05, 3.63) is 34.8 Å². The standard InChI is InChI=1S/C12H15BrN3/c1-3-10-9-6-5-8(13)7-11(9)16(15-10)12(14)4-2/h4-7,12H,3,14H2,1-2H3. The molecule has 0 fully saturated rings. The van der Waals surface area contributed by atoms with Crippen LogP contribution >= 0.6 is 15.9 Å². The number of aromatic nitrogens is 2. The van der Waals surface area contributed by atoms with E-state index in [1.807, 2.05) is 24.1 Å². The summed E-state index contributed by atoms with van der Waals surface area (Å²) in [4.78, 5) is 0. The number of hydrogen-bond acceptors (Lipinski definition) is 2. The van der Waals surface area contributed by atoms with E-state index in [-0.39, 0.29) is 6.17 Å². The number of rotatable bonds is 3. The van der Waals surface area contributed by atoms with Gasteiger partial charge in [-0.3, -0.25) is 0 Å². The lowest BCUT2D eigenvalue weighted by atomic mass is 10.2. The van der Waals surface area contributed by atoms with Gasteiger partial charge in [0.1, 0.15) is 6.17 Å². The summed E-state index contributed by atoms with van der Waals surface area (Å²) >= 11 is 3.48. The molecule has 2 N–H and O–H groups in total. The zero-order valence-corrected chi connectivity index (χ0v) is 11.0. The molecule has 16 heavy (non-hydrogen) atoms. The predicted octanol–water partition coefficient (Wildman–Crippen LogP) is 3.04. The lowest BCUT2D eigenvalue weighted by molar-refractivity contribution is 0.538. The largest absolute Gasteiger partial charge is 0.309 e. The van der Waals surface area contributed by atoms with Crippen LogP contribution in [-0.4, -0.2) is 9.78 Å². The van der Waals surface area contributed by atoms with E-state index in [9.17, 15) is 0 Å². The van der Waals surface area contributed by atoms with Crippen LogP contribution in [0.25, 0.3) is 10.9 Å². The van der Waals surface area contributed by atoms with Crippen molar-refractivity contribution in [1.82, 2.24) is 9.78 Å². The highest BCUT2D eigenvalue weighted by Crippen LogP contribution is 2.25. The minimum Gasteiger partial charge on any atom is -0.309 e. The van der Waals surface area contributed by atoms with Gasteiger partial charge in [-0.25, -0.2) is 4.68 Å². The third kappa shape index (κ3) is 1.87. The molecule has 0 aliphatic rings. The number of halogens is 1. The Balaban J connectivity index is 2.68. The number of hydrogen-bond donors (Lipinski definition) is 1. The van der Waals surface area contributed by atoms with Crippen LogP contribution in [0.5, 0.6) is 0 Å². The summed E-state index contributed by atoms with van der Waals surface area (Å²) in [7, 11) is 0. The van der Waals surface area contributed by atoms with E-state index in [0.29, 0.717) is 0 Å². The SMILES string of the molecule is C[CH]C(N)n1nc(CC)c2ccc(Br)cc21. The first-order valence-electron chi connectivity index (χ1n) is 5.39. The molecule has 1 heterocycles. The van der Waals surface area contributed by atoms with Crippen LogP contribution in [0.15, 0.2) is 22.7 Å². The van der Waals surface area contributed by atoms with E-state index in [1.165, 1.54) is 5.39 Å². The Labute approximate surface area is 104 Å². The number of aryl methyl sites for hydroxylation is 1. The molecule has 0 saturated carbocycles. The van der Waals surface area contributed by atoms with Gasteiger partial charge in [-0.05, 0) is 31.0 Å². The van der Waals surface area contributed by atoms with Crippen LogP contribution in [0.4, 0.5) is 0 Å². The predicted molar refractivity (Wildman–Crippen MR) is 70.0 cm³/mol. The zero-order valence-electron chi connectivity index (χ0n) is 9.44. The molecule has 0 bridgehead atoms. The van der Waals surface area contributed by atoms with Crippen molar-refractivity contribution >= 4 is 26.8 Å². The summed E-state index contributed by atoms with van der Waals surface area (Å²) in [6.07, 6.45) is 2.69. The molecule has 1 aromatic carbocycles. The Morgan fingerprint density at radius 1 is 1.56 bits per heavy atom. The monoisotopic (exact) mass is 280 g/mol. The van der Waals surface area contributed by atoms with Gasteiger partial charge in [-0.1, -0.05) is 29.8 Å². The average molecular weight is 281 g/mol. The highest BCUT2D eigenvalue weighted by molar-refractivity contribution is 9.10. The number of benzene rings is 1. The molecule has 0 amide bonds. The van der Waals surface area contributed by atoms with Crippen molar-refractivity contribution in [3.63, 3.8) is 0 Å².